The van der Waals surface area contributed by atoms with E-state index in [1.54, 1.807) is 7.05 Å². The standard InChI is InChI=1S/C12H16Cl2N2O3S/c1-3-4-7-16(2)12(17)10-8(13)5-6-9(11(10)14)20(15,18)19/h5-6H,3-4,7H2,1-2H3,(H2,15,18,19). The summed E-state index contributed by atoms with van der Waals surface area (Å²) in [5.74, 6) is -0.432. The number of benzene rings is 1. The third kappa shape index (κ3) is 3.85. The molecule has 5 nitrogen and oxygen atoms in total. The van der Waals surface area contributed by atoms with Crippen LogP contribution in [0.25, 0.3) is 0 Å². The van der Waals surface area contributed by atoms with E-state index >= 15 is 0 Å². The number of amides is 1. The SMILES string of the molecule is CCCCN(C)C(=O)c1c(Cl)ccc(S(N)(=O)=O)c1Cl. The second-order valence-electron chi connectivity index (χ2n) is 4.36. The van der Waals surface area contributed by atoms with Gasteiger partial charge in [-0.05, 0) is 18.6 Å². The largest absolute Gasteiger partial charge is 0.342 e. The molecule has 0 saturated heterocycles. The van der Waals surface area contributed by atoms with Gasteiger partial charge in [-0.15, -0.1) is 0 Å². The van der Waals surface area contributed by atoms with Gasteiger partial charge in [0, 0.05) is 13.6 Å². The highest BCUT2D eigenvalue weighted by Crippen LogP contribution is 2.31. The van der Waals surface area contributed by atoms with Crippen LogP contribution in [0.15, 0.2) is 17.0 Å². The monoisotopic (exact) mass is 338 g/mol. The second kappa shape index (κ2) is 6.76. The minimum Gasteiger partial charge on any atom is -0.342 e. The number of hydrogen-bond donors (Lipinski definition) is 1. The summed E-state index contributed by atoms with van der Waals surface area (Å²) in [7, 11) is -2.40. The van der Waals surface area contributed by atoms with Gasteiger partial charge in [0.1, 0.15) is 4.90 Å². The fourth-order valence-corrected chi connectivity index (χ4v) is 3.10. The smallest absolute Gasteiger partial charge is 0.256 e. The Morgan fingerprint density at radius 1 is 1.35 bits per heavy atom. The van der Waals surface area contributed by atoms with E-state index in [-0.39, 0.29) is 20.5 Å². The Morgan fingerprint density at radius 2 is 1.95 bits per heavy atom. The first-order valence-corrected chi connectivity index (χ1v) is 8.26. The van der Waals surface area contributed by atoms with Crippen molar-refractivity contribution in [1.82, 2.24) is 4.90 Å². The number of carbonyl (C=O) groups excluding carboxylic acids is 1. The molecule has 20 heavy (non-hydrogen) atoms. The fraction of sp³-hybridized carbons (Fsp3) is 0.417. The minimum atomic E-state index is -4.01. The van der Waals surface area contributed by atoms with Crippen molar-refractivity contribution < 1.29 is 13.2 Å². The molecule has 0 aromatic heterocycles. The molecule has 0 aliphatic carbocycles. The molecule has 0 saturated carbocycles. The molecule has 0 atom stereocenters. The van der Waals surface area contributed by atoms with Crippen molar-refractivity contribution in [3.8, 4) is 0 Å². The van der Waals surface area contributed by atoms with E-state index in [9.17, 15) is 13.2 Å². The van der Waals surface area contributed by atoms with Gasteiger partial charge in [0.05, 0.1) is 15.6 Å². The molecule has 1 amide bonds. The van der Waals surface area contributed by atoms with E-state index in [1.165, 1.54) is 17.0 Å². The fourth-order valence-electron chi connectivity index (χ4n) is 1.64. The lowest BCUT2D eigenvalue weighted by molar-refractivity contribution is 0.0793. The summed E-state index contributed by atoms with van der Waals surface area (Å²) in [6.45, 7) is 2.53. The van der Waals surface area contributed by atoms with Crippen LogP contribution >= 0.6 is 23.2 Å². The first-order chi connectivity index (χ1) is 9.20. The van der Waals surface area contributed by atoms with Crippen molar-refractivity contribution in [3.05, 3.63) is 27.7 Å². The summed E-state index contributed by atoms with van der Waals surface area (Å²) in [6.07, 6.45) is 1.75. The van der Waals surface area contributed by atoms with E-state index in [0.29, 0.717) is 6.54 Å². The van der Waals surface area contributed by atoms with Gasteiger partial charge in [-0.2, -0.15) is 0 Å². The Bertz CT molecular complexity index is 617. The maximum Gasteiger partial charge on any atom is 0.256 e. The molecule has 1 aromatic rings. The summed E-state index contributed by atoms with van der Waals surface area (Å²) < 4.78 is 22.8. The molecule has 0 radical (unpaired) electrons. The molecule has 2 N–H and O–H groups in total. The van der Waals surface area contributed by atoms with Crippen LogP contribution in [0, 0.1) is 0 Å². The number of sulfonamides is 1. The number of nitrogens with two attached hydrogens (primary N) is 1. The molecule has 8 heteroatoms. The van der Waals surface area contributed by atoms with Crippen molar-refractivity contribution in [2.45, 2.75) is 24.7 Å². The van der Waals surface area contributed by atoms with Crippen LogP contribution in [-0.2, 0) is 10.0 Å². The zero-order chi connectivity index (χ0) is 15.5. The number of hydrogen-bond acceptors (Lipinski definition) is 3. The lowest BCUT2D eigenvalue weighted by atomic mass is 10.2. The quantitative estimate of drug-likeness (QED) is 0.895. The third-order valence-corrected chi connectivity index (χ3v) is 4.54. The highest BCUT2D eigenvalue weighted by atomic mass is 35.5. The van der Waals surface area contributed by atoms with Crippen LogP contribution in [-0.4, -0.2) is 32.8 Å². The molecule has 0 aliphatic rings. The van der Waals surface area contributed by atoms with Crippen LogP contribution in [0.3, 0.4) is 0 Å². The van der Waals surface area contributed by atoms with Crippen LogP contribution in [0.2, 0.25) is 10.0 Å². The molecule has 0 fully saturated rings. The minimum absolute atomic E-state index is 0.0431. The van der Waals surface area contributed by atoms with Gasteiger partial charge >= 0.3 is 0 Å². The molecule has 0 bridgehead atoms. The summed E-state index contributed by atoms with van der Waals surface area (Å²) in [4.78, 5) is 13.4. The summed E-state index contributed by atoms with van der Waals surface area (Å²) in [6, 6.07) is 2.48. The lowest BCUT2D eigenvalue weighted by Crippen LogP contribution is -2.28. The zero-order valence-electron chi connectivity index (χ0n) is 11.2. The summed E-state index contributed by atoms with van der Waals surface area (Å²) >= 11 is 11.9. The summed E-state index contributed by atoms with van der Waals surface area (Å²) in [5.41, 5.74) is -0.0431. The third-order valence-electron chi connectivity index (χ3n) is 2.77. The van der Waals surface area contributed by atoms with Gasteiger partial charge in [0.15, 0.2) is 0 Å². The van der Waals surface area contributed by atoms with Crippen LogP contribution in [0.4, 0.5) is 0 Å². The number of unbranched alkanes of at least 4 members (excludes halogenated alkanes) is 1. The molecule has 112 valence electrons. The molecule has 1 aromatic carbocycles. The maximum absolute atomic E-state index is 12.3. The Balaban J connectivity index is 3.28. The van der Waals surface area contributed by atoms with E-state index in [4.69, 9.17) is 28.3 Å². The number of primary sulfonamides is 1. The van der Waals surface area contributed by atoms with Crippen molar-refractivity contribution in [1.29, 1.82) is 0 Å². The maximum atomic E-state index is 12.3. The van der Waals surface area contributed by atoms with Crippen molar-refractivity contribution in [3.63, 3.8) is 0 Å². The first kappa shape index (κ1) is 17.2. The predicted molar refractivity (Wildman–Crippen MR) is 79.7 cm³/mol. The summed E-state index contributed by atoms with van der Waals surface area (Å²) in [5, 5.41) is 4.90. The molecule has 0 unspecified atom stereocenters. The van der Waals surface area contributed by atoms with Gasteiger partial charge < -0.3 is 4.90 Å². The Kier molecular flexibility index (Phi) is 5.82. The molecule has 0 spiro atoms. The average molecular weight is 339 g/mol. The van der Waals surface area contributed by atoms with Gasteiger partial charge in [0.2, 0.25) is 10.0 Å². The highest BCUT2D eigenvalue weighted by molar-refractivity contribution is 7.89. The van der Waals surface area contributed by atoms with E-state index in [2.05, 4.69) is 0 Å². The van der Waals surface area contributed by atoms with Crippen LogP contribution < -0.4 is 5.14 Å². The lowest BCUT2D eigenvalue weighted by Gasteiger charge is -2.19. The molecule has 1 rings (SSSR count). The highest BCUT2D eigenvalue weighted by Gasteiger charge is 2.24. The molecule has 0 heterocycles. The predicted octanol–water partition coefficient (Wildman–Crippen LogP) is 2.51. The Labute approximate surface area is 128 Å². The topological polar surface area (TPSA) is 80.5 Å². The van der Waals surface area contributed by atoms with E-state index in [0.717, 1.165) is 12.8 Å². The Hall–Kier alpha value is -0.820. The van der Waals surface area contributed by atoms with E-state index in [1.807, 2.05) is 6.92 Å². The van der Waals surface area contributed by atoms with Crippen LogP contribution in [0.1, 0.15) is 30.1 Å². The van der Waals surface area contributed by atoms with Gasteiger partial charge in [-0.1, -0.05) is 36.5 Å². The van der Waals surface area contributed by atoms with Crippen LogP contribution in [0.5, 0.6) is 0 Å². The molecular formula is C12H16Cl2N2O3S. The average Bonchev–Trinajstić information content (AvgIpc) is 2.34. The van der Waals surface area contributed by atoms with Crippen molar-refractivity contribution >= 4 is 39.1 Å². The Morgan fingerprint density at radius 3 is 2.45 bits per heavy atom. The van der Waals surface area contributed by atoms with Gasteiger partial charge in [-0.3, -0.25) is 4.79 Å². The number of rotatable bonds is 5. The second-order valence-corrected chi connectivity index (χ2v) is 6.67. The van der Waals surface area contributed by atoms with Crippen molar-refractivity contribution in [2.75, 3.05) is 13.6 Å². The van der Waals surface area contributed by atoms with E-state index < -0.39 is 15.9 Å². The molecule has 0 aliphatic heterocycles. The van der Waals surface area contributed by atoms with Gasteiger partial charge in [0.25, 0.3) is 5.91 Å². The number of halogens is 2. The van der Waals surface area contributed by atoms with Gasteiger partial charge in [-0.25, -0.2) is 13.6 Å². The number of carbonyl (C=O) groups is 1. The molecular weight excluding hydrogens is 323 g/mol. The van der Waals surface area contributed by atoms with Crippen molar-refractivity contribution in [2.24, 2.45) is 5.14 Å². The normalized spacial score (nSPS) is 11.4. The first-order valence-electron chi connectivity index (χ1n) is 5.96. The zero-order valence-corrected chi connectivity index (χ0v) is 13.5. The number of nitrogens with zero attached hydrogens (tertiary/aromatic N) is 1.